The van der Waals surface area contributed by atoms with Gasteiger partial charge in [-0.1, -0.05) is 0 Å². The highest BCUT2D eigenvalue weighted by molar-refractivity contribution is 7.99. The van der Waals surface area contributed by atoms with Crippen molar-refractivity contribution in [1.29, 1.82) is 0 Å². The normalized spacial score (nSPS) is 21.9. The summed E-state index contributed by atoms with van der Waals surface area (Å²) in [5.41, 5.74) is 7.95. The second-order valence-corrected chi connectivity index (χ2v) is 9.84. The first-order valence-electron chi connectivity index (χ1n) is 11.3. The highest BCUT2D eigenvalue weighted by atomic mass is 35.5. The monoisotopic (exact) mass is 565 g/mol. The minimum atomic E-state index is -4.73. The van der Waals surface area contributed by atoms with Crippen molar-refractivity contribution in [2.24, 2.45) is 5.73 Å². The van der Waals surface area contributed by atoms with Gasteiger partial charge in [0.05, 0.1) is 6.33 Å². The number of thioether (sulfide) groups is 1. The lowest BCUT2D eigenvalue weighted by molar-refractivity contribution is -0.274. The molecule has 3 aromatic rings. The van der Waals surface area contributed by atoms with E-state index in [0.29, 0.717) is 29.0 Å². The quantitative estimate of drug-likeness (QED) is 0.351. The number of nitrogens with one attached hydrogen (secondary N) is 2. The van der Waals surface area contributed by atoms with Crippen molar-refractivity contribution in [3.63, 3.8) is 0 Å². The number of hydrogen-bond donors (Lipinski definition) is 3. The van der Waals surface area contributed by atoms with Crippen molar-refractivity contribution < 1.29 is 17.9 Å². The summed E-state index contributed by atoms with van der Waals surface area (Å²) in [7, 11) is 0. The number of nitrogens with two attached hydrogens (primary N) is 1. The number of aromatic nitrogens is 4. The Bertz CT molecular complexity index is 1140. The van der Waals surface area contributed by atoms with E-state index >= 15 is 0 Å². The molecule has 198 valence electrons. The van der Waals surface area contributed by atoms with E-state index in [-0.39, 0.29) is 42.6 Å². The van der Waals surface area contributed by atoms with Gasteiger partial charge in [-0.25, -0.2) is 4.98 Å². The Morgan fingerprint density at radius 3 is 2.39 bits per heavy atom. The third-order valence-corrected chi connectivity index (χ3v) is 7.32. The summed E-state index contributed by atoms with van der Waals surface area (Å²) in [6.07, 6.45) is 1.92. The maximum atomic E-state index is 12.5. The van der Waals surface area contributed by atoms with Gasteiger partial charge in [-0.15, -0.1) is 38.0 Å². The van der Waals surface area contributed by atoms with Crippen molar-refractivity contribution in [3.8, 4) is 5.75 Å². The molecule has 2 aromatic heterocycles. The number of ether oxygens (including phenoxy) is 1. The molecule has 0 spiro atoms. The lowest BCUT2D eigenvalue weighted by Gasteiger charge is -2.27. The maximum Gasteiger partial charge on any atom is 0.573 e. The van der Waals surface area contributed by atoms with Crippen molar-refractivity contribution >= 4 is 65.2 Å². The van der Waals surface area contributed by atoms with Gasteiger partial charge in [-0.05, 0) is 62.1 Å². The molecule has 4 N–H and O–H groups in total. The molecule has 1 unspecified atom stereocenters. The molecule has 14 heteroatoms. The van der Waals surface area contributed by atoms with E-state index in [9.17, 15) is 13.2 Å². The van der Waals surface area contributed by atoms with Crippen LogP contribution >= 0.6 is 36.6 Å². The van der Waals surface area contributed by atoms with Gasteiger partial charge in [0.25, 0.3) is 0 Å². The topological polar surface area (TPSA) is 103 Å². The fourth-order valence-corrected chi connectivity index (χ4v) is 5.60. The average Bonchev–Trinajstić information content (AvgIpc) is 3.46. The number of alkyl halides is 3. The first-order valence-corrected chi connectivity index (χ1v) is 12.5. The van der Waals surface area contributed by atoms with Gasteiger partial charge in [0.15, 0.2) is 17.0 Å². The molecule has 2 fully saturated rings. The molecule has 1 atom stereocenters. The van der Waals surface area contributed by atoms with E-state index < -0.39 is 6.36 Å². The molecule has 1 aromatic carbocycles. The minimum absolute atomic E-state index is 0. The van der Waals surface area contributed by atoms with Crippen molar-refractivity contribution in [1.82, 2.24) is 19.5 Å². The van der Waals surface area contributed by atoms with Crippen molar-refractivity contribution in [2.45, 2.75) is 56.6 Å². The van der Waals surface area contributed by atoms with Crippen LogP contribution < -0.4 is 21.1 Å². The molecule has 1 aliphatic carbocycles. The Hall–Kier alpha value is -2.15. The molecule has 0 radical (unpaired) electrons. The molecule has 5 rings (SSSR count). The maximum absolute atomic E-state index is 12.5. The summed E-state index contributed by atoms with van der Waals surface area (Å²) >= 11 is 1.91. The summed E-state index contributed by atoms with van der Waals surface area (Å²) in [6.45, 7) is 0. The van der Waals surface area contributed by atoms with E-state index in [1.165, 1.54) is 24.3 Å². The molecule has 8 nitrogen and oxygen atoms in total. The average molecular weight is 566 g/mol. The first kappa shape index (κ1) is 28.4. The largest absolute Gasteiger partial charge is 0.573 e. The predicted molar refractivity (Wildman–Crippen MR) is 141 cm³/mol. The standard InChI is InChI=1S/C22H26F3N7OS.2ClH/c23-22(24,25)33-17-7-5-14(6-8-17)28-19-18-20(32(12-27-18)16-9-10-34-11-16)31-21(30-19)29-15-3-1-13(26)2-4-15;;/h5-8,12-13,15-16H,1-4,9-11,26H2,(H2,28,29,30,31);2*1H/t13-,15-,16?;;. The summed E-state index contributed by atoms with van der Waals surface area (Å²) in [5.74, 6) is 2.81. The minimum Gasteiger partial charge on any atom is -0.406 e. The third-order valence-electron chi connectivity index (χ3n) is 6.18. The second kappa shape index (κ2) is 11.9. The molecule has 0 bridgehead atoms. The highest BCUT2D eigenvalue weighted by Crippen LogP contribution is 2.33. The molecular weight excluding hydrogens is 538 g/mol. The Morgan fingerprint density at radius 2 is 1.75 bits per heavy atom. The SMILES string of the molecule is Cl.Cl.N[C@H]1CC[C@H](Nc2nc(Nc3ccc(OC(F)(F)F)cc3)c3ncn(C4CCSC4)c3n2)CC1. The number of fused-ring (bicyclic) bond motifs is 1. The van der Waals surface area contributed by atoms with Crippen LogP contribution in [0.15, 0.2) is 30.6 Å². The van der Waals surface area contributed by atoms with Crippen LogP contribution in [-0.2, 0) is 0 Å². The molecule has 0 amide bonds. The Morgan fingerprint density at radius 1 is 1.03 bits per heavy atom. The van der Waals surface area contributed by atoms with Crippen LogP contribution in [0.4, 0.5) is 30.6 Å². The number of anilines is 3. The van der Waals surface area contributed by atoms with Crippen LogP contribution in [0.2, 0.25) is 0 Å². The predicted octanol–water partition coefficient (Wildman–Crippen LogP) is 5.67. The zero-order valence-electron chi connectivity index (χ0n) is 19.2. The van der Waals surface area contributed by atoms with Crippen molar-refractivity contribution in [2.75, 3.05) is 22.1 Å². The second-order valence-electron chi connectivity index (χ2n) is 8.69. The smallest absolute Gasteiger partial charge is 0.406 e. The third kappa shape index (κ3) is 6.78. The molecule has 2 aliphatic rings. The molecule has 3 heterocycles. The molecule has 1 saturated carbocycles. The van der Waals surface area contributed by atoms with E-state index in [0.717, 1.165) is 49.3 Å². The number of nitrogens with zero attached hydrogens (tertiary/aromatic N) is 4. The van der Waals surface area contributed by atoms with Gasteiger partial charge in [0.2, 0.25) is 5.95 Å². The number of hydrogen-bond acceptors (Lipinski definition) is 8. The summed E-state index contributed by atoms with van der Waals surface area (Å²) < 4.78 is 43.5. The van der Waals surface area contributed by atoms with Crippen LogP contribution in [0, 0.1) is 0 Å². The lowest BCUT2D eigenvalue weighted by atomic mass is 9.92. The zero-order valence-corrected chi connectivity index (χ0v) is 21.7. The first-order chi connectivity index (χ1) is 16.3. The lowest BCUT2D eigenvalue weighted by Crippen LogP contribution is -2.33. The zero-order chi connectivity index (χ0) is 23.7. The Kier molecular flexibility index (Phi) is 9.42. The van der Waals surface area contributed by atoms with Crippen LogP contribution in [-0.4, -0.2) is 49.5 Å². The van der Waals surface area contributed by atoms with Gasteiger partial charge < -0.3 is 25.7 Å². The van der Waals surface area contributed by atoms with Gasteiger partial charge >= 0.3 is 6.36 Å². The molecule has 36 heavy (non-hydrogen) atoms. The van der Waals surface area contributed by atoms with Crippen LogP contribution in [0.5, 0.6) is 5.75 Å². The van der Waals surface area contributed by atoms with Crippen LogP contribution in [0.25, 0.3) is 11.2 Å². The van der Waals surface area contributed by atoms with Gasteiger partial charge in [0.1, 0.15) is 5.75 Å². The van der Waals surface area contributed by atoms with E-state index in [1.807, 2.05) is 11.8 Å². The van der Waals surface area contributed by atoms with Crippen LogP contribution in [0.1, 0.15) is 38.1 Å². The Balaban J connectivity index is 0.00000180. The fraction of sp³-hybridized carbons (Fsp3) is 0.500. The molecule has 1 aliphatic heterocycles. The number of benzene rings is 1. The number of imidazole rings is 1. The summed E-state index contributed by atoms with van der Waals surface area (Å²) in [6, 6.07) is 6.33. The van der Waals surface area contributed by atoms with Gasteiger partial charge in [-0.3, -0.25) is 0 Å². The van der Waals surface area contributed by atoms with E-state index in [2.05, 4.69) is 29.9 Å². The summed E-state index contributed by atoms with van der Waals surface area (Å²) in [5, 5.41) is 6.65. The summed E-state index contributed by atoms with van der Waals surface area (Å²) in [4.78, 5) is 14.0. The molecular formula is C22H28Cl2F3N7OS. The van der Waals surface area contributed by atoms with Crippen molar-refractivity contribution in [3.05, 3.63) is 30.6 Å². The number of halogens is 5. The van der Waals surface area contributed by atoms with Crippen LogP contribution in [0.3, 0.4) is 0 Å². The number of rotatable bonds is 6. The van der Waals surface area contributed by atoms with E-state index in [1.54, 1.807) is 6.33 Å². The highest BCUT2D eigenvalue weighted by Gasteiger charge is 2.31. The Labute approximate surface area is 223 Å². The molecule has 1 saturated heterocycles. The van der Waals surface area contributed by atoms with E-state index in [4.69, 9.17) is 10.7 Å². The fourth-order valence-electron chi connectivity index (χ4n) is 4.40. The van der Waals surface area contributed by atoms with Gasteiger partial charge in [0, 0.05) is 29.6 Å². The van der Waals surface area contributed by atoms with Gasteiger partial charge in [-0.2, -0.15) is 21.7 Å².